The van der Waals surface area contributed by atoms with Gasteiger partial charge in [0.25, 0.3) is 5.91 Å². The number of guanidine groups is 1. The van der Waals surface area contributed by atoms with E-state index < -0.39 is 96.6 Å². The minimum atomic E-state index is -1.45. The number of aliphatic hydroxyl groups excluding tert-OH is 2. The second-order valence-corrected chi connectivity index (χ2v) is 11.4. The molecule has 2 aliphatic heterocycles. The molecule has 45 heavy (non-hydrogen) atoms. The van der Waals surface area contributed by atoms with Gasteiger partial charge in [-0.3, -0.25) is 33.9 Å². The third-order valence-electron chi connectivity index (χ3n) is 6.88. The lowest BCUT2D eigenvalue weighted by Crippen LogP contribution is -2.70. The van der Waals surface area contributed by atoms with Crippen molar-refractivity contribution in [3.63, 3.8) is 0 Å². The molecule has 0 unspecified atom stereocenters. The quantitative estimate of drug-likeness (QED) is 0.0205. The molecule has 0 aromatic rings. The summed E-state index contributed by atoms with van der Waals surface area (Å²) in [5.41, 5.74) is 21.2. The molecule has 0 radical (unpaired) electrons. The number of thioether (sulfide) groups is 1. The van der Waals surface area contributed by atoms with Gasteiger partial charge in [0.05, 0.1) is 25.2 Å². The molecule has 3 amide bonds. The number of hydrogen-bond acceptors (Lipinski definition) is 13. The van der Waals surface area contributed by atoms with Gasteiger partial charge in [-0.15, -0.1) is 11.8 Å². The molecule has 0 spiro atoms. The number of aliphatic imine (C=N–C) groups is 1. The zero-order valence-corrected chi connectivity index (χ0v) is 25.1. The van der Waals surface area contributed by atoms with Crippen LogP contribution in [0.15, 0.2) is 16.3 Å². The third kappa shape index (κ3) is 10.8. The number of aliphatic carboxylic acids is 2. The average molecular weight is 661 g/mol. The molecule has 2 rings (SSSR count). The lowest BCUT2D eigenvalue weighted by Gasteiger charge is -2.49. The van der Waals surface area contributed by atoms with Crippen LogP contribution in [-0.2, 0) is 33.5 Å². The molecule has 0 aromatic heterocycles. The van der Waals surface area contributed by atoms with E-state index >= 15 is 0 Å². The molecule has 14 N–H and O–H groups in total. The molecule has 0 bridgehead atoms. The van der Waals surface area contributed by atoms with Gasteiger partial charge in [0.2, 0.25) is 11.8 Å². The highest BCUT2D eigenvalue weighted by Crippen LogP contribution is 2.40. The number of nitrogens with two attached hydrogens (primary N) is 4. The van der Waals surface area contributed by atoms with E-state index in [0.717, 1.165) is 16.7 Å². The van der Waals surface area contributed by atoms with Gasteiger partial charge >= 0.3 is 17.9 Å². The van der Waals surface area contributed by atoms with Crippen LogP contribution >= 0.6 is 11.8 Å². The minimum Gasteiger partial charge on any atom is -0.480 e. The Bertz CT molecular complexity index is 1200. The van der Waals surface area contributed by atoms with E-state index in [1.807, 2.05) is 0 Å². The van der Waals surface area contributed by atoms with Crippen molar-refractivity contribution < 1.29 is 53.9 Å². The van der Waals surface area contributed by atoms with Crippen LogP contribution in [-0.4, -0.2) is 128 Å². The summed E-state index contributed by atoms with van der Waals surface area (Å²) in [6.45, 7) is -0.987. The van der Waals surface area contributed by atoms with Crippen LogP contribution in [0.3, 0.4) is 0 Å². The number of carboxylic acids is 2. The van der Waals surface area contributed by atoms with Crippen LogP contribution < -0.4 is 33.6 Å². The van der Waals surface area contributed by atoms with Crippen LogP contribution in [0.2, 0.25) is 0 Å². The number of aliphatic hydroxyl groups is 2. The molecule has 20 heteroatoms. The second-order valence-electron chi connectivity index (χ2n) is 10.3. The lowest BCUT2D eigenvalue weighted by molar-refractivity contribution is -0.151. The maximum absolute atomic E-state index is 12.8. The maximum Gasteiger partial charge on any atom is 0.352 e. The fourth-order valence-electron chi connectivity index (χ4n) is 4.44. The Kier molecular flexibility index (Phi) is 14.5. The van der Waals surface area contributed by atoms with Crippen LogP contribution in [0.5, 0.6) is 0 Å². The van der Waals surface area contributed by atoms with E-state index in [1.54, 1.807) is 0 Å². The number of β-lactam (4-membered cyclic amide) rings is 1. The first kappa shape index (κ1) is 37.2. The van der Waals surface area contributed by atoms with Gasteiger partial charge < -0.3 is 58.7 Å². The Morgan fingerprint density at radius 2 is 1.78 bits per heavy atom. The number of nitrogens with one attached hydrogen (secondary N) is 2. The van der Waals surface area contributed by atoms with E-state index in [2.05, 4.69) is 15.6 Å². The molecule has 1 fully saturated rings. The van der Waals surface area contributed by atoms with Gasteiger partial charge in [0.15, 0.2) is 5.96 Å². The molecule has 0 saturated carbocycles. The highest BCUT2D eigenvalue weighted by molar-refractivity contribution is 8.00. The Balaban J connectivity index is 1.98. The normalized spacial score (nSPS) is 20.1. The number of rotatable bonds is 19. The molecule has 6 atom stereocenters. The van der Waals surface area contributed by atoms with Crippen molar-refractivity contribution in [3.8, 4) is 0 Å². The predicted molar refractivity (Wildman–Crippen MR) is 158 cm³/mol. The van der Waals surface area contributed by atoms with E-state index in [1.165, 1.54) is 0 Å². The van der Waals surface area contributed by atoms with Gasteiger partial charge in [0.1, 0.15) is 35.8 Å². The van der Waals surface area contributed by atoms with E-state index in [4.69, 9.17) is 37.9 Å². The molecular weight excluding hydrogens is 620 g/mol. The zero-order chi connectivity index (χ0) is 33.8. The number of ether oxygens (including phenoxy) is 1. The summed E-state index contributed by atoms with van der Waals surface area (Å²) in [6, 6.07) is -4.37. The predicted octanol–water partition coefficient (Wildman–Crippen LogP) is -4.54. The molecule has 2 aliphatic rings. The summed E-state index contributed by atoms with van der Waals surface area (Å²) < 4.78 is 5.20. The number of hydrogen-bond donors (Lipinski definition) is 10. The number of carbonyl (C=O) groups is 6. The van der Waals surface area contributed by atoms with Gasteiger partial charge in [-0.2, -0.15) is 0 Å². The number of fused-ring (bicyclic) bond motifs is 1. The smallest absolute Gasteiger partial charge is 0.352 e. The first-order chi connectivity index (χ1) is 21.2. The number of carboxylic acid groups (broad SMARTS) is 2. The summed E-state index contributed by atoms with van der Waals surface area (Å²) in [7, 11) is 0. The highest BCUT2D eigenvalue weighted by atomic mass is 32.2. The summed E-state index contributed by atoms with van der Waals surface area (Å²) in [5, 5.41) is 42.7. The van der Waals surface area contributed by atoms with Crippen LogP contribution in [0.1, 0.15) is 38.5 Å². The van der Waals surface area contributed by atoms with Crippen molar-refractivity contribution in [1.82, 2.24) is 15.5 Å². The van der Waals surface area contributed by atoms with Crippen molar-refractivity contribution in [2.75, 3.05) is 25.5 Å². The fraction of sp³-hybridized carbons (Fsp3) is 0.640. The number of carbonyl (C=O) groups excluding carboxylic acids is 4. The zero-order valence-electron chi connectivity index (χ0n) is 24.3. The molecule has 2 heterocycles. The molecule has 0 aromatic carbocycles. The van der Waals surface area contributed by atoms with Crippen molar-refractivity contribution >= 4 is 53.4 Å². The molecular formula is C25H40N8O11S. The third-order valence-corrected chi connectivity index (χ3v) is 8.22. The fourth-order valence-corrected chi connectivity index (χ4v) is 5.77. The number of nitrogens with zero attached hydrogens (tertiary/aromatic N) is 2. The molecule has 0 aliphatic carbocycles. The Labute approximate surface area is 261 Å². The first-order valence-corrected chi connectivity index (χ1v) is 15.0. The van der Waals surface area contributed by atoms with Gasteiger partial charge in [-0.05, 0) is 25.7 Å². The standard InChI is InChI=1S/C25H40N8O11S/c26-12(23(40)41)3-1-5-16(36)32-18-21(39)33-19(24(42)43)11(10-45-22(18)33)9-44-17(37)7-15(35)14(4-2-6-30-25(28)29)31-20(38)13(27)8-34/h12-15,18,22,34-35H,1-10,26-27H2,(H,31,38)(H,32,36)(H,40,41)(H,42,43)(H4,28,29,30)/t12-,13+,14+,15-,18-,22-/m1/s1. The summed E-state index contributed by atoms with van der Waals surface area (Å²) in [6.07, 6.45) is -1.46. The average Bonchev–Trinajstić information content (AvgIpc) is 2.98. The highest BCUT2D eigenvalue weighted by Gasteiger charge is 2.54. The van der Waals surface area contributed by atoms with Gasteiger partial charge in [-0.25, -0.2) is 4.79 Å². The van der Waals surface area contributed by atoms with Gasteiger partial charge in [-0.1, -0.05) is 0 Å². The van der Waals surface area contributed by atoms with Crippen LogP contribution in [0.25, 0.3) is 0 Å². The van der Waals surface area contributed by atoms with Crippen molar-refractivity contribution in [1.29, 1.82) is 0 Å². The monoisotopic (exact) mass is 660 g/mol. The number of esters is 1. The van der Waals surface area contributed by atoms with Crippen LogP contribution in [0, 0.1) is 0 Å². The van der Waals surface area contributed by atoms with Crippen molar-refractivity contribution in [2.24, 2.45) is 27.9 Å². The second kappa shape index (κ2) is 17.5. The van der Waals surface area contributed by atoms with E-state index in [0.29, 0.717) is 6.42 Å². The minimum absolute atomic E-state index is 0.0499. The molecule has 1 saturated heterocycles. The first-order valence-electron chi connectivity index (χ1n) is 13.9. The summed E-state index contributed by atoms with van der Waals surface area (Å²) in [5.74, 6) is -5.64. The Morgan fingerprint density at radius 3 is 2.38 bits per heavy atom. The maximum atomic E-state index is 12.8. The number of amides is 3. The Morgan fingerprint density at radius 1 is 1.09 bits per heavy atom. The van der Waals surface area contributed by atoms with E-state index in [9.17, 15) is 39.0 Å². The summed E-state index contributed by atoms with van der Waals surface area (Å²) >= 11 is 1.15. The van der Waals surface area contributed by atoms with Gasteiger partial charge in [0, 0.05) is 24.3 Å². The van der Waals surface area contributed by atoms with Crippen molar-refractivity contribution in [2.45, 2.75) is 74.2 Å². The lowest BCUT2D eigenvalue weighted by atomic mass is 10.0. The van der Waals surface area contributed by atoms with E-state index in [-0.39, 0.29) is 49.5 Å². The topological polar surface area (TPSA) is 336 Å². The largest absolute Gasteiger partial charge is 0.480 e. The Hall–Kier alpha value is -3.98. The SMILES string of the molecule is NC(N)=NCCC[C@H](NC(=O)[C@@H](N)CO)[C@H](O)CC(=O)OCC1=C(C(=O)O)N2C(=O)[C@@H](NC(=O)CCC[C@@H](N)C(=O)O)[C@H]2SC1. The summed E-state index contributed by atoms with van der Waals surface area (Å²) in [4.78, 5) is 77.5. The van der Waals surface area contributed by atoms with Crippen molar-refractivity contribution in [3.05, 3.63) is 11.3 Å². The molecule has 19 nitrogen and oxygen atoms in total. The molecule has 252 valence electrons. The van der Waals surface area contributed by atoms with Crippen LogP contribution in [0.4, 0.5) is 0 Å².